The highest BCUT2D eigenvalue weighted by Gasteiger charge is 2.22. The van der Waals surface area contributed by atoms with Crippen molar-refractivity contribution in [2.45, 2.75) is 32.2 Å². The number of nitrogens with zero attached hydrogens (tertiary/aromatic N) is 1. The number of carbonyl (C=O) groups excluding carboxylic acids is 1. The van der Waals surface area contributed by atoms with Crippen LogP contribution in [0.5, 0.6) is 0 Å². The Morgan fingerprint density at radius 2 is 1.58 bits per heavy atom. The zero-order valence-electron chi connectivity index (χ0n) is 13.9. The molecular formula is C20H23NO3. The molecule has 0 fully saturated rings. The van der Waals surface area contributed by atoms with Crippen molar-refractivity contribution < 1.29 is 14.7 Å². The van der Waals surface area contributed by atoms with Crippen LogP contribution < -0.4 is 0 Å². The molecule has 0 aliphatic heterocycles. The number of hydrogen-bond donors (Lipinski definition) is 1. The molecule has 1 atom stereocenters. The van der Waals surface area contributed by atoms with Crippen molar-refractivity contribution in [3.63, 3.8) is 0 Å². The maximum atomic E-state index is 12.9. The van der Waals surface area contributed by atoms with Crippen LogP contribution in [-0.2, 0) is 16.1 Å². The van der Waals surface area contributed by atoms with Crippen molar-refractivity contribution in [2.24, 2.45) is 0 Å². The van der Waals surface area contributed by atoms with Crippen LogP contribution in [0, 0.1) is 0 Å². The predicted molar refractivity (Wildman–Crippen MR) is 93.6 cm³/mol. The maximum Gasteiger partial charge on any atom is 0.303 e. The van der Waals surface area contributed by atoms with E-state index in [4.69, 9.17) is 5.11 Å². The number of rotatable bonds is 8. The molecular weight excluding hydrogens is 302 g/mol. The Kier molecular flexibility index (Phi) is 6.55. The highest BCUT2D eigenvalue weighted by molar-refractivity contribution is 5.83. The van der Waals surface area contributed by atoms with Gasteiger partial charge in [0, 0.05) is 19.5 Å². The lowest BCUT2D eigenvalue weighted by Gasteiger charge is -2.26. The van der Waals surface area contributed by atoms with Crippen LogP contribution in [0.2, 0.25) is 0 Å². The fourth-order valence-electron chi connectivity index (χ4n) is 2.65. The number of carboxylic acid groups (broad SMARTS) is 1. The van der Waals surface area contributed by atoms with Crippen LogP contribution >= 0.6 is 0 Å². The van der Waals surface area contributed by atoms with Gasteiger partial charge in [-0.3, -0.25) is 9.59 Å². The second-order valence-electron chi connectivity index (χ2n) is 5.88. The molecule has 2 aromatic rings. The Labute approximate surface area is 142 Å². The van der Waals surface area contributed by atoms with E-state index in [1.165, 1.54) is 0 Å². The summed E-state index contributed by atoms with van der Waals surface area (Å²) in [5.74, 6) is -1.06. The summed E-state index contributed by atoms with van der Waals surface area (Å²) in [6.07, 6.45) is 0.522. The van der Waals surface area contributed by atoms with E-state index in [0.29, 0.717) is 19.5 Å². The molecule has 0 radical (unpaired) electrons. The molecule has 126 valence electrons. The van der Waals surface area contributed by atoms with E-state index in [2.05, 4.69) is 0 Å². The third-order valence-corrected chi connectivity index (χ3v) is 4.02. The smallest absolute Gasteiger partial charge is 0.303 e. The summed E-state index contributed by atoms with van der Waals surface area (Å²) in [6, 6.07) is 19.4. The van der Waals surface area contributed by atoms with E-state index < -0.39 is 5.97 Å². The Balaban J connectivity index is 2.11. The lowest BCUT2D eigenvalue weighted by Crippen LogP contribution is -2.35. The van der Waals surface area contributed by atoms with E-state index in [9.17, 15) is 9.59 Å². The fraction of sp³-hybridized carbons (Fsp3) is 0.300. The maximum absolute atomic E-state index is 12.9. The van der Waals surface area contributed by atoms with Crippen molar-refractivity contribution in [2.75, 3.05) is 6.54 Å². The number of hydrogen-bond acceptors (Lipinski definition) is 2. The summed E-state index contributed by atoms with van der Waals surface area (Å²) in [5, 5.41) is 8.84. The second-order valence-corrected chi connectivity index (χ2v) is 5.88. The molecule has 0 bridgehead atoms. The van der Waals surface area contributed by atoms with Gasteiger partial charge in [-0.2, -0.15) is 0 Å². The van der Waals surface area contributed by atoms with Crippen LogP contribution in [0.3, 0.4) is 0 Å². The largest absolute Gasteiger partial charge is 0.481 e. The first kappa shape index (κ1) is 17.7. The molecule has 0 heterocycles. The molecule has 0 aliphatic carbocycles. The Bertz CT molecular complexity index is 655. The summed E-state index contributed by atoms with van der Waals surface area (Å²) in [5.41, 5.74) is 2.01. The van der Waals surface area contributed by atoms with E-state index in [1.54, 1.807) is 4.90 Å². The van der Waals surface area contributed by atoms with Crippen LogP contribution in [0.25, 0.3) is 0 Å². The molecule has 4 heteroatoms. The number of carbonyl (C=O) groups is 2. The fourth-order valence-corrected chi connectivity index (χ4v) is 2.65. The summed E-state index contributed by atoms with van der Waals surface area (Å²) >= 11 is 0. The Morgan fingerprint density at radius 1 is 1.00 bits per heavy atom. The first-order valence-corrected chi connectivity index (χ1v) is 8.17. The minimum Gasteiger partial charge on any atom is -0.481 e. The number of amides is 1. The number of benzene rings is 2. The normalized spacial score (nSPS) is 11.7. The van der Waals surface area contributed by atoms with Crippen molar-refractivity contribution in [1.82, 2.24) is 4.90 Å². The highest BCUT2D eigenvalue weighted by Crippen LogP contribution is 2.19. The Morgan fingerprint density at radius 3 is 2.17 bits per heavy atom. The van der Waals surface area contributed by atoms with E-state index in [0.717, 1.165) is 11.1 Å². The van der Waals surface area contributed by atoms with Crippen molar-refractivity contribution >= 4 is 11.9 Å². The van der Waals surface area contributed by atoms with E-state index >= 15 is 0 Å². The zero-order chi connectivity index (χ0) is 17.4. The molecule has 1 N–H and O–H groups in total. The van der Waals surface area contributed by atoms with Gasteiger partial charge in [-0.15, -0.1) is 0 Å². The third kappa shape index (κ3) is 5.23. The molecule has 0 aliphatic rings. The average molecular weight is 325 g/mol. The van der Waals surface area contributed by atoms with Gasteiger partial charge >= 0.3 is 5.97 Å². The quantitative estimate of drug-likeness (QED) is 0.805. The Hall–Kier alpha value is -2.62. The van der Waals surface area contributed by atoms with Crippen molar-refractivity contribution in [1.29, 1.82) is 0 Å². The topological polar surface area (TPSA) is 57.6 Å². The van der Waals surface area contributed by atoms with Crippen LogP contribution in [0.15, 0.2) is 60.7 Å². The lowest BCUT2D eigenvalue weighted by molar-refractivity contribution is -0.138. The predicted octanol–water partition coefficient (Wildman–Crippen LogP) is 3.68. The minimum atomic E-state index is -0.835. The zero-order valence-corrected chi connectivity index (χ0v) is 13.9. The molecule has 0 saturated heterocycles. The van der Waals surface area contributed by atoms with Gasteiger partial charge in [0.15, 0.2) is 0 Å². The molecule has 2 rings (SSSR count). The summed E-state index contributed by atoms with van der Waals surface area (Å²) in [4.78, 5) is 25.4. The average Bonchev–Trinajstić information content (AvgIpc) is 2.61. The van der Waals surface area contributed by atoms with Gasteiger partial charge < -0.3 is 10.0 Å². The highest BCUT2D eigenvalue weighted by atomic mass is 16.4. The molecule has 0 spiro atoms. The second kappa shape index (κ2) is 8.87. The summed E-state index contributed by atoms with van der Waals surface area (Å²) in [7, 11) is 0. The van der Waals surface area contributed by atoms with Gasteiger partial charge in [0.1, 0.15) is 0 Å². The molecule has 4 nitrogen and oxygen atoms in total. The molecule has 0 unspecified atom stereocenters. The summed E-state index contributed by atoms with van der Waals surface area (Å²) in [6.45, 7) is 2.83. The monoisotopic (exact) mass is 325 g/mol. The first-order chi connectivity index (χ1) is 11.6. The standard InChI is InChI=1S/C20H23NO3/c1-16(18-11-6-3-7-12-18)20(24)21(14-8-13-19(22)23)15-17-9-4-2-5-10-17/h2-7,9-12,16H,8,13-15H2,1H3,(H,22,23)/t16-/m0/s1. The van der Waals surface area contributed by atoms with E-state index in [1.807, 2.05) is 67.6 Å². The van der Waals surface area contributed by atoms with Gasteiger partial charge in [-0.25, -0.2) is 0 Å². The summed E-state index contributed by atoms with van der Waals surface area (Å²) < 4.78 is 0. The first-order valence-electron chi connectivity index (χ1n) is 8.17. The van der Waals surface area contributed by atoms with Crippen LogP contribution in [0.1, 0.15) is 36.8 Å². The van der Waals surface area contributed by atoms with Crippen LogP contribution in [0.4, 0.5) is 0 Å². The molecule has 0 aromatic heterocycles. The van der Waals surface area contributed by atoms with Gasteiger partial charge in [0.05, 0.1) is 5.92 Å². The van der Waals surface area contributed by atoms with Crippen molar-refractivity contribution in [3.8, 4) is 0 Å². The van der Waals surface area contributed by atoms with Gasteiger partial charge in [0.25, 0.3) is 0 Å². The minimum absolute atomic E-state index is 0.0236. The lowest BCUT2D eigenvalue weighted by atomic mass is 9.99. The molecule has 1 amide bonds. The SMILES string of the molecule is C[C@H](C(=O)N(CCCC(=O)O)Cc1ccccc1)c1ccccc1. The third-order valence-electron chi connectivity index (χ3n) is 4.02. The molecule has 2 aromatic carbocycles. The van der Waals surface area contributed by atoms with Crippen LogP contribution in [-0.4, -0.2) is 28.4 Å². The number of carboxylic acids is 1. The number of aliphatic carboxylic acids is 1. The van der Waals surface area contributed by atoms with Gasteiger partial charge in [0.2, 0.25) is 5.91 Å². The van der Waals surface area contributed by atoms with Gasteiger partial charge in [-0.05, 0) is 24.5 Å². The molecule has 24 heavy (non-hydrogen) atoms. The molecule has 0 saturated carbocycles. The van der Waals surface area contributed by atoms with Gasteiger partial charge in [-0.1, -0.05) is 60.7 Å². The van der Waals surface area contributed by atoms with E-state index in [-0.39, 0.29) is 18.2 Å². The van der Waals surface area contributed by atoms with Crippen molar-refractivity contribution in [3.05, 3.63) is 71.8 Å².